The Balaban J connectivity index is 0.976. The van der Waals surface area contributed by atoms with Gasteiger partial charge in [-0.3, -0.25) is 0 Å². The summed E-state index contributed by atoms with van der Waals surface area (Å²) in [6.45, 7) is 16.9. The third-order valence-corrected chi connectivity index (χ3v) is 28.1. The first-order chi connectivity index (χ1) is 35.1. The summed E-state index contributed by atoms with van der Waals surface area (Å²) in [4.78, 5) is 5.18. The summed E-state index contributed by atoms with van der Waals surface area (Å²) in [6.07, 6.45) is 1.98. The molecule has 2 nitrogen and oxygen atoms in total. The van der Waals surface area contributed by atoms with Crippen LogP contribution in [0.25, 0.3) is 55.6 Å². The van der Waals surface area contributed by atoms with E-state index in [0.717, 1.165) is 24.9 Å². The van der Waals surface area contributed by atoms with Gasteiger partial charge >= 0.3 is 0 Å². The maximum atomic E-state index is 2.68. The van der Waals surface area contributed by atoms with Gasteiger partial charge in [0.2, 0.25) is 0 Å². The highest BCUT2D eigenvalue weighted by Crippen LogP contribution is 2.53. The predicted molar refractivity (Wildman–Crippen MR) is 314 cm³/mol. The van der Waals surface area contributed by atoms with Gasteiger partial charge in [0.15, 0.2) is 0 Å². The minimum Gasteiger partial charge on any atom is -0.309 e. The molecule has 13 rings (SSSR count). The van der Waals surface area contributed by atoms with Crippen LogP contribution in [0.4, 0.5) is 34.1 Å². The van der Waals surface area contributed by atoms with Crippen molar-refractivity contribution in [3.8, 4) is 55.6 Å². The van der Waals surface area contributed by atoms with Gasteiger partial charge in [-0.2, -0.15) is 0 Å². The summed E-state index contributed by atoms with van der Waals surface area (Å²) in [7, 11) is -4.35. The van der Waals surface area contributed by atoms with Crippen molar-refractivity contribution in [3.05, 3.63) is 205 Å². The van der Waals surface area contributed by atoms with Gasteiger partial charge < -0.3 is 9.80 Å². The van der Waals surface area contributed by atoms with E-state index in [1.807, 2.05) is 0 Å². The fraction of sp³-hybridized carbons (Fsp3) is 0.206. The lowest BCUT2D eigenvalue weighted by molar-refractivity contribution is 0.411. The highest BCUT2D eigenvalue weighted by molar-refractivity contribution is 7.06. The van der Waals surface area contributed by atoms with Crippen molar-refractivity contribution < 1.29 is 0 Å². The molecule has 4 heteroatoms. The SMILES string of the molecule is CC[Si]1(CC)c2cc(N3c4ccccc4-c4ccccc4-c4cc(CC(C)(C)C)ccc43)ccc2-c2c(-c3ccc4c(c3)[Si](CC)(CC)c3cccc(N5c6ccccc6Cc6ccccc65)c3-4)cccc21. The lowest BCUT2D eigenvalue weighted by Crippen LogP contribution is -2.54. The Morgan fingerprint density at radius 3 is 1.56 bits per heavy atom. The molecule has 0 unspecified atom stereocenters. The van der Waals surface area contributed by atoms with Crippen molar-refractivity contribution in [2.75, 3.05) is 9.80 Å². The molecule has 0 saturated heterocycles. The first-order valence-electron chi connectivity index (χ1n) is 26.8. The van der Waals surface area contributed by atoms with Gasteiger partial charge in [-0.1, -0.05) is 212 Å². The van der Waals surface area contributed by atoms with Gasteiger partial charge in [0.25, 0.3) is 0 Å². The van der Waals surface area contributed by atoms with E-state index in [-0.39, 0.29) is 5.41 Å². The Bertz CT molecular complexity index is 3610. The molecule has 0 aromatic heterocycles. The average molecular weight is 965 g/mol. The number of hydrogen-bond acceptors (Lipinski definition) is 2. The highest BCUT2D eigenvalue weighted by Gasteiger charge is 2.47. The van der Waals surface area contributed by atoms with E-state index in [1.54, 1.807) is 20.7 Å². The van der Waals surface area contributed by atoms with Crippen molar-refractivity contribution in [1.82, 2.24) is 0 Å². The van der Waals surface area contributed by atoms with E-state index >= 15 is 0 Å². The van der Waals surface area contributed by atoms with Crippen LogP contribution in [0.2, 0.25) is 24.2 Å². The molecule has 0 amide bonds. The summed E-state index contributed by atoms with van der Waals surface area (Å²) >= 11 is 0. The summed E-state index contributed by atoms with van der Waals surface area (Å²) < 4.78 is 0. The zero-order chi connectivity index (χ0) is 49.1. The Morgan fingerprint density at radius 2 is 0.889 bits per heavy atom. The second-order valence-electron chi connectivity index (χ2n) is 22.3. The average Bonchev–Trinajstić information content (AvgIpc) is 3.82. The molecule has 4 aliphatic rings. The summed E-state index contributed by atoms with van der Waals surface area (Å²) in [5.41, 5.74) is 25.7. The maximum Gasteiger partial charge on any atom is 0.119 e. The summed E-state index contributed by atoms with van der Waals surface area (Å²) in [5.74, 6) is 0. The van der Waals surface area contributed by atoms with Crippen LogP contribution in [-0.4, -0.2) is 16.1 Å². The number of benzene rings is 9. The third kappa shape index (κ3) is 6.50. The molecule has 0 fully saturated rings. The quantitative estimate of drug-likeness (QED) is 0.140. The van der Waals surface area contributed by atoms with Gasteiger partial charge in [-0.05, 0) is 137 Å². The smallest absolute Gasteiger partial charge is 0.119 e. The molecule has 9 aromatic rings. The topological polar surface area (TPSA) is 6.48 Å². The second kappa shape index (κ2) is 16.8. The number of hydrogen-bond donors (Lipinski definition) is 0. The lowest BCUT2D eigenvalue weighted by Gasteiger charge is -2.35. The van der Waals surface area contributed by atoms with Gasteiger partial charge in [0.05, 0.1) is 17.1 Å². The van der Waals surface area contributed by atoms with E-state index in [0.29, 0.717) is 0 Å². The van der Waals surface area contributed by atoms with E-state index in [4.69, 9.17) is 0 Å². The van der Waals surface area contributed by atoms with Crippen molar-refractivity contribution in [2.24, 2.45) is 5.41 Å². The summed E-state index contributed by atoms with van der Waals surface area (Å²) in [6, 6.07) is 78.1. The Kier molecular flexibility index (Phi) is 10.5. The van der Waals surface area contributed by atoms with Crippen LogP contribution >= 0.6 is 0 Å². The number of anilines is 6. The van der Waals surface area contributed by atoms with Gasteiger partial charge in [-0.15, -0.1) is 0 Å². The van der Waals surface area contributed by atoms with Gasteiger partial charge in [-0.25, -0.2) is 0 Å². The van der Waals surface area contributed by atoms with Crippen LogP contribution in [0.5, 0.6) is 0 Å². The zero-order valence-corrected chi connectivity index (χ0v) is 45.0. The molecule has 4 aliphatic heterocycles. The fourth-order valence-corrected chi connectivity index (χ4v) is 23.4. The summed E-state index contributed by atoms with van der Waals surface area (Å²) in [5, 5.41) is 6.40. The normalized spacial score (nSPS) is 15.0. The van der Waals surface area contributed by atoms with Crippen LogP contribution in [0.1, 0.15) is 65.2 Å². The molecular weight excluding hydrogens is 901 g/mol. The largest absolute Gasteiger partial charge is 0.309 e. The Morgan fingerprint density at radius 1 is 0.375 bits per heavy atom. The maximum absolute atomic E-state index is 2.68. The van der Waals surface area contributed by atoms with Crippen LogP contribution in [0, 0.1) is 5.41 Å². The van der Waals surface area contributed by atoms with Gasteiger partial charge in [0.1, 0.15) is 16.1 Å². The van der Waals surface area contributed by atoms with Crippen molar-refractivity contribution in [3.63, 3.8) is 0 Å². The predicted octanol–water partition coefficient (Wildman–Crippen LogP) is 16.6. The number of para-hydroxylation sites is 3. The molecule has 0 atom stereocenters. The van der Waals surface area contributed by atoms with Crippen LogP contribution in [-0.2, 0) is 12.8 Å². The number of nitrogens with zero attached hydrogens (tertiary/aromatic N) is 2. The zero-order valence-electron chi connectivity index (χ0n) is 43.0. The number of fused-ring (bicyclic) bond motifs is 13. The Labute approximate surface area is 429 Å². The Hall–Kier alpha value is -6.99. The molecule has 0 bridgehead atoms. The molecule has 0 N–H and O–H groups in total. The van der Waals surface area contributed by atoms with E-state index in [2.05, 4.69) is 246 Å². The van der Waals surface area contributed by atoms with E-state index in [1.165, 1.54) is 119 Å². The highest BCUT2D eigenvalue weighted by atomic mass is 28.3. The van der Waals surface area contributed by atoms with Crippen molar-refractivity contribution >= 4 is 71.0 Å². The molecule has 72 heavy (non-hydrogen) atoms. The number of rotatable bonds is 8. The molecule has 0 radical (unpaired) electrons. The third-order valence-electron chi connectivity index (χ3n) is 17.5. The van der Waals surface area contributed by atoms with Crippen molar-refractivity contribution in [2.45, 2.75) is 85.5 Å². The van der Waals surface area contributed by atoms with E-state index in [9.17, 15) is 0 Å². The second-order valence-corrected chi connectivity index (χ2v) is 31.6. The molecule has 9 aromatic carbocycles. The molecule has 354 valence electrons. The van der Waals surface area contributed by atoms with E-state index < -0.39 is 16.1 Å². The first kappa shape index (κ1) is 44.9. The van der Waals surface area contributed by atoms with Crippen LogP contribution < -0.4 is 30.5 Å². The molecule has 0 aliphatic carbocycles. The fourth-order valence-electron chi connectivity index (χ4n) is 14.1. The first-order valence-corrected chi connectivity index (χ1v) is 31.6. The molecule has 4 heterocycles. The minimum atomic E-state index is -2.20. The van der Waals surface area contributed by atoms with Crippen molar-refractivity contribution in [1.29, 1.82) is 0 Å². The molecule has 0 saturated carbocycles. The van der Waals surface area contributed by atoms with Crippen LogP contribution in [0.15, 0.2) is 188 Å². The molecule has 0 spiro atoms. The molecular formula is C68H64N2Si2. The van der Waals surface area contributed by atoms with Gasteiger partial charge in [0, 0.05) is 40.2 Å². The standard InChI is InChI=1S/C68H64N2Si2/c1-8-71(9-2)62-32-20-27-50(46-35-37-55-64(42-46)72(10-3,11-4)63-33-21-31-61(67(55)63)70-57-28-17-12-22-47(57)41-48-23-13-18-29-58(48)70)66(62)54-38-36-49(43-65(54)71)69-59-30-19-16-26-53(59)51-24-14-15-25-52(51)56-40-45(34-39-60(56)69)44-68(5,6)7/h12-40,42-43H,8-11,41,44H2,1-7H3. The monoisotopic (exact) mass is 964 g/mol. The van der Waals surface area contributed by atoms with Crippen LogP contribution in [0.3, 0.4) is 0 Å². The lowest BCUT2D eigenvalue weighted by atomic mass is 9.86. The minimum absolute atomic E-state index is 0.183.